The lowest BCUT2D eigenvalue weighted by molar-refractivity contribution is -0.117. The zero-order chi connectivity index (χ0) is 14.5. The van der Waals surface area contributed by atoms with Crippen molar-refractivity contribution in [3.8, 4) is 0 Å². The van der Waals surface area contributed by atoms with Crippen LogP contribution in [-0.4, -0.2) is 11.8 Å². The summed E-state index contributed by atoms with van der Waals surface area (Å²) in [7, 11) is 0. The van der Waals surface area contributed by atoms with Gasteiger partial charge in [0.2, 0.25) is 11.8 Å². The topological polar surface area (TPSA) is 58.2 Å². The Kier molecular flexibility index (Phi) is 4.56. The van der Waals surface area contributed by atoms with Crippen molar-refractivity contribution in [2.45, 2.75) is 33.1 Å². The van der Waals surface area contributed by atoms with Crippen molar-refractivity contribution in [2.75, 3.05) is 10.6 Å². The molecule has 4 heteroatoms. The van der Waals surface area contributed by atoms with E-state index >= 15 is 0 Å². The summed E-state index contributed by atoms with van der Waals surface area (Å²) in [6.07, 6.45) is 6.87. The summed E-state index contributed by atoms with van der Waals surface area (Å²) in [5.41, 5.74) is 2.43. The van der Waals surface area contributed by atoms with Crippen LogP contribution in [-0.2, 0) is 9.59 Å². The summed E-state index contributed by atoms with van der Waals surface area (Å²) >= 11 is 0. The Bertz CT molecular complexity index is 549. The van der Waals surface area contributed by atoms with Crippen LogP contribution in [0.25, 0.3) is 0 Å². The number of anilines is 2. The highest BCUT2D eigenvalue weighted by molar-refractivity contribution is 5.94. The standard InChI is InChI=1S/C16H20N2O2/c1-11-7-8-14(17-12(2)19)10-15(11)18-16(20)9-13-5-3-4-6-13/h3,5,7-8,10,13H,4,6,9H2,1-2H3,(H,17,19)(H,18,20). The molecule has 2 N–H and O–H groups in total. The van der Waals surface area contributed by atoms with Crippen LogP contribution in [0.2, 0.25) is 0 Å². The maximum atomic E-state index is 12.0. The first-order chi connectivity index (χ1) is 9.54. The largest absolute Gasteiger partial charge is 0.326 e. The molecule has 0 bridgehead atoms. The Balaban J connectivity index is 2.01. The molecule has 0 saturated carbocycles. The van der Waals surface area contributed by atoms with Crippen LogP contribution in [0.15, 0.2) is 30.4 Å². The Morgan fingerprint density at radius 3 is 2.75 bits per heavy atom. The van der Waals surface area contributed by atoms with E-state index in [9.17, 15) is 9.59 Å². The number of amides is 2. The maximum Gasteiger partial charge on any atom is 0.224 e. The van der Waals surface area contributed by atoms with E-state index in [0.29, 0.717) is 18.0 Å². The molecule has 2 rings (SSSR count). The van der Waals surface area contributed by atoms with Crippen molar-refractivity contribution in [3.63, 3.8) is 0 Å². The van der Waals surface area contributed by atoms with Gasteiger partial charge >= 0.3 is 0 Å². The minimum Gasteiger partial charge on any atom is -0.326 e. The summed E-state index contributed by atoms with van der Waals surface area (Å²) in [6, 6.07) is 5.50. The molecular weight excluding hydrogens is 252 g/mol. The molecule has 20 heavy (non-hydrogen) atoms. The van der Waals surface area contributed by atoms with Crippen molar-refractivity contribution in [3.05, 3.63) is 35.9 Å². The van der Waals surface area contributed by atoms with E-state index in [4.69, 9.17) is 0 Å². The van der Waals surface area contributed by atoms with Crippen molar-refractivity contribution >= 4 is 23.2 Å². The van der Waals surface area contributed by atoms with Crippen LogP contribution in [0.3, 0.4) is 0 Å². The molecule has 2 amide bonds. The molecule has 1 atom stereocenters. The van der Waals surface area contributed by atoms with Gasteiger partial charge in [-0.1, -0.05) is 18.2 Å². The monoisotopic (exact) mass is 272 g/mol. The van der Waals surface area contributed by atoms with E-state index in [-0.39, 0.29) is 11.8 Å². The van der Waals surface area contributed by atoms with Gasteiger partial charge in [-0.05, 0) is 43.4 Å². The van der Waals surface area contributed by atoms with Gasteiger partial charge < -0.3 is 10.6 Å². The quantitative estimate of drug-likeness (QED) is 0.827. The van der Waals surface area contributed by atoms with Crippen molar-refractivity contribution in [1.82, 2.24) is 0 Å². The second-order valence-electron chi connectivity index (χ2n) is 5.23. The van der Waals surface area contributed by atoms with Crippen LogP contribution >= 0.6 is 0 Å². The van der Waals surface area contributed by atoms with Crippen LogP contribution in [0.4, 0.5) is 11.4 Å². The molecule has 1 aliphatic carbocycles. The van der Waals surface area contributed by atoms with Gasteiger partial charge in [-0.15, -0.1) is 0 Å². The number of carbonyl (C=O) groups is 2. The molecule has 0 radical (unpaired) electrons. The van der Waals surface area contributed by atoms with Crippen LogP contribution in [0, 0.1) is 12.8 Å². The van der Waals surface area contributed by atoms with Crippen LogP contribution in [0.5, 0.6) is 0 Å². The van der Waals surface area contributed by atoms with Crippen LogP contribution < -0.4 is 10.6 Å². The predicted octanol–water partition coefficient (Wildman–Crippen LogP) is 3.25. The Labute approximate surface area is 119 Å². The van der Waals surface area contributed by atoms with Crippen molar-refractivity contribution < 1.29 is 9.59 Å². The number of aryl methyl sites for hydroxylation is 1. The summed E-state index contributed by atoms with van der Waals surface area (Å²) in [4.78, 5) is 23.1. The van der Waals surface area contributed by atoms with E-state index in [1.807, 2.05) is 19.1 Å². The second kappa shape index (κ2) is 6.37. The molecule has 0 aromatic heterocycles. The van der Waals surface area contributed by atoms with Gasteiger partial charge in [-0.2, -0.15) is 0 Å². The summed E-state index contributed by atoms with van der Waals surface area (Å²) in [5, 5.41) is 5.64. The fraction of sp³-hybridized carbons (Fsp3) is 0.375. The van der Waals surface area contributed by atoms with Gasteiger partial charge in [-0.3, -0.25) is 9.59 Å². The smallest absolute Gasteiger partial charge is 0.224 e. The zero-order valence-electron chi connectivity index (χ0n) is 11.9. The van der Waals surface area contributed by atoms with E-state index in [0.717, 1.165) is 24.1 Å². The lowest BCUT2D eigenvalue weighted by atomic mass is 10.0. The highest BCUT2D eigenvalue weighted by atomic mass is 16.2. The Morgan fingerprint density at radius 1 is 1.30 bits per heavy atom. The summed E-state index contributed by atoms with van der Waals surface area (Å²) in [6.45, 7) is 3.40. The lowest BCUT2D eigenvalue weighted by Crippen LogP contribution is -2.16. The third kappa shape index (κ3) is 3.95. The Hall–Kier alpha value is -2.10. The summed E-state index contributed by atoms with van der Waals surface area (Å²) in [5.74, 6) is 0.251. The average Bonchev–Trinajstić information content (AvgIpc) is 2.85. The molecule has 1 aromatic carbocycles. The second-order valence-corrected chi connectivity index (χ2v) is 5.23. The molecular formula is C16H20N2O2. The zero-order valence-corrected chi connectivity index (χ0v) is 11.9. The highest BCUT2D eigenvalue weighted by Gasteiger charge is 2.14. The predicted molar refractivity (Wildman–Crippen MR) is 80.6 cm³/mol. The molecule has 0 saturated heterocycles. The number of hydrogen-bond acceptors (Lipinski definition) is 2. The molecule has 1 aliphatic rings. The number of benzene rings is 1. The van der Waals surface area contributed by atoms with Gasteiger partial charge in [0.05, 0.1) is 0 Å². The van der Waals surface area contributed by atoms with Crippen molar-refractivity contribution in [2.24, 2.45) is 5.92 Å². The number of allylic oxidation sites excluding steroid dienone is 2. The van der Waals surface area contributed by atoms with Gasteiger partial charge in [0.25, 0.3) is 0 Å². The van der Waals surface area contributed by atoms with Gasteiger partial charge in [0, 0.05) is 24.7 Å². The first-order valence-corrected chi connectivity index (χ1v) is 6.89. The van der Waals surface area contributed by atoms with E-state index < -0.39 is 0 Å². The van der Waals surface area contributed by atoms with Gasteiger partial charge in [0.1, 0.15) is 0 Å². The maximum absolute atomic E-state index is 12.0. The minimum absolute atomic E-state index is 0.0182. The molecule has 0 heterocycles. The molecule has 106 valence electrons. The minimum atomic E-state index is -0.123. The lowest BCUT2D eigenvalue weighted by Gasteiger charge is -2.12. The first kappa shape index (κ1) is 14.3. The van der Waals surface area contributed by atoms with E-state index in [2.05, 4.69) is 22.8 Å². The van der Waals surface area contributed by atoms with E-state index in [1.165, 1.54) is 6.92 Å². The summed E-state index contributed by atoms with van der Waals surface area (Å²) < 4.78 is 0. The van der Waals surface area contributed by atoms with E-state index in [1.54, 1.807) is 6.07 Å². The molecule has 0 spiro atoms. The molecule has 0 fully saturated rings. The van der Waals surface area contributed by atoms with Crippen LogP contribution in [0.1, 0.15) is 31.7 Å². The third-order valence-corrected chi connectivity index (χ3v) is 3.39. The molecule has 0 aliphatic heterocycles. The fourth-order valence-corrected chi connectivity index (χ4v) is 2.34. The normalized spacial score (nSPS) is 17.0. The SMILES string of the molecule is CC(=O)Nc1ccc(C)c(NC(=O)CC2C=CCC2)c1. The number of rotatable bonds is 4. The van der Waals surface area contributed by atoms with Gasteiger partial charge in [0.15, 0.2) is 0 Å². The molecule has 4 nitrogen and oxygen atoms in total. The number of carbonyl (C=O) groups excluding carboxylic acids is 2. The number of hydrogen-bond donors (Lipinski definition) is 2. The average molecular weight is 272 g/mol. The highest BCUT2D eigenvalue weighted by Crippen LogP contribution is 2.23. The number of nitrogens with one attached hydrogen (secondary N) is 2. The molecule has 1 aromatic rings. The van der Waals surface area contributed by atoms with Crippen molar-refractivity contribution in [1.29, 1.82) is 0 Å². The Morgan fingerprint density at radius 2 is 2.10 bits per heavy atom. The first-order valence-electron chi connectivity index (χ1n) is 6.89. The molecule has 1 unspecified atom stereocenters. The fourth-order valence-electron chi connectivity index (χ4n) is 2.34. The van der Waals surface area contributed by atoms with Gasteiger partial charge in [-0.25, -0.2) is 0 Å². The third-order valence-electron chi connectivity index (χ3n) is 3.39.